The minimum atomic E-state index is -1.11. The summed E-state index contributed by atoms with van der Waals surface area (Å²) in [5.74, 6) is 0.156. The Balaban J connectivity index is 1.22. The van der Waals surface area contributed by atoms with Crippen LogP contribution in [0.25, 0.3) is 10.9 Å². The summed E-state index contributed by atoms with van der Waals surface area (Å²) in [6, 6.07) is 20.1. The minimum Gasteiger partial charge on any atom is -0.378 e. The maximum absolute atomic E-state index is 14.3. The van der Waals surface area contributed by atoms with Gasteiger partial charge in [0.25, 0.3) is 0 Å². The first kappa shape index (κ1) is 29.9. The molecule has 0 bridgehead atoms. The molecular weight excluding hydrogens is 550 g/mol. The van der Waals surface area contributed by atoms with Crippen LogP contribution < -0.4 is 10.2 Å². The maximum Gasteiger partial charge on any atom is 0.249 e. The summed E-state index contributed by atoms with van der Waals surface area (Å²) in [6.45, 7) is 13.7. The minimum absolute atomic E-state index is 0.0327. The number of nitrogens with zero attached hydrogens (tertiary/aromatic N) is 3. The Hall–Kier alpha value is -4.17. The number of hydrogen-bond donors (Lipinski definition) is 2. The molecule has 44 heavy (non-hydrogen) atoms. The zero-order chi connectivity index (χ0) is 31.1. The molecule has 3 heterocycles. The quantitative estimate of drug-likeness (QED) is 0.238. The number of hydrogen-bond acceptors (Lipinski definition) is 5. The van der Waals surface area contributed by atoms with Gasteiger partial charge < -0.3 is 24.8 Å². The van der Waals surface area contributed by atoms with Crippen LogP contribution in [0.1, 0.15) is 56.9 Å². The molecule has 0 unspecified atom stereocenters. The number of benzene rings is 2. The molecule has 2 N–H and O–H groups in total. The van der Waals surface area contributed by atoms with Gasteiger partial charge in [0.2, 0.25) is 11.8 Å². The number of para-hydroxylation sites is 1. The van der Waals surface area contributed by atoms with Gasteiger partial charge in [0.05, 0.1) is 13.2 Å². The van der Waals surface area contributed by atoms with Gasteiger partial charge in [-0.05, 0) is 85.5 Å². The molecule has 1 saturated heterocycles. The molecule has 2 aromatic carbocycles. The predicted molar refractivity (Wildman–Crippen MR) is 175 cm³/mol. The van der Waals surface area contributed by atoms with Crippen LogP contribution in [0.15, 0.2) is 73.1 Å². The van der Waals surface area contributed by atoms with Crippen molar-refractivity contribution in [3.05, 3.63) is 89.9 Å². The van der Waals surface area contributed by atoms with Gasteiger partial charge in [-0.1, -0.05) is 38.1 Å². The number of morpholine rings is 1. The third-order valence-electron chi connectivity index (χ3n) is 9.80. The first-order chi connectivity index (χ1) is 21.1. The number of carbonyl (C=O) groups is 2. The van der Waals surface area contributed by atoms with Crippen LogP contribution in [-0.2, 0) is 20.9 Å². The van der Waals surface area contributed by atoms with E-state index in [4.69, 9.17) is 4.74 Å². The van der Waals surface area contributed by atoms with E-state index in [1.54, 1.807) is 17.3 Å². The van der Waals surface area contributed by atoms with Crippen molar-refractivity contribution in [2.45, 2.75) is 59.0 Å². The van der Waals surface area contributed by atoms with E-state index >= 15 is 0 Å². The topological polar surface area (TPSA) is 90.6 Å². The van der Waals surface area contributed by atoms with E-state index in [1.807, 2.05) is 56.3 Å². The van der Waals surface area contributed by atoms with Gasteiger partial charge in [0.15, 0.2) is 0 Å². The highest BCUT2D eigenvalue weighted by atomic mass is 16.5. The van der Waals surface area contributed by atoms with Crippen molar-refractivity contribution >= 4 is 34.1 Å². The number of aryl methyl sites for hydroxylation is 1. The lowest BCUT2D eigenvalue weighted by Crippen LogP contribution is -2.54. The highest BCUT2D eigenvalue weighted by Gasteiger charge is 2.60. The molecule has 0 spiro atoms. The smallest absolute Gasteiger partial charge is 0.249 e. The first-order valence-corrected chi connectivity index (χ1v) is 15.6. The average molecular weight is 594 g/mol. The number of carbonyl (C=O) groups excluding carboxylic acids is 2. The Morgan fingerprint density at radius 1 is 1.07 bits per heavy atom. The van der Waals surface area contributed by atoms with Crippen LogP contribution in [0, 0.1) is 18.3 Å². The maximum atomic E-state index is 14.3. The largest absolute Gasteiger partial charge is 0.378 e. The van der Waals surface area contributed by atoms with Crippen LogP contribution in [0.4, 0.5) is 11.4 Å². The zero-order valence-corrected chi connectivity index (χ0v) is 26.4. The third kappa shape index (κ3) is 5.71. The number of amides is 2. The van der Waals surface area contributed by atoms with Crippen LogP contribution in [0.3, 0.4) is 0 Å². The van der Waals surface area contributed by atoms with E-state index < -0.39 is 5.54 Å². The number of fused-ring (bicyclic) bond motifs is 1. The molecular formula is C36H43N5O3. The number of aromatic nitrogens is 2. The van der Waals surface area contributed by atoms with Crippen LogP contribution in [0.2, 0.25) is 0 Å². The number of pyridine rings is 1. The highest BCUT2D eigenvalue weighted by Crippen LogP contribution is 2.67. The zero-order valence-electron chi connectivity index (χ0n) is 26.4. The van der Waals surface area contributed by atoms with Crippen molar-refractivity contribution in [1.82, 2.24) is 14.9 Å². The van der Waals surface area contributed by atoms with Gasteiger partial charge in [-0.25, -0.2) is 0 Å². The lowest BCUT2D eigenvalue weighted by Gasteiger charge is -2.37. The fourth-order valence-corrected chi connectivity index (χ4v) is 6.95. The van der Waals surface area contributed by atoms with E-state index in [2.05, 4.69) is 59.2 Å². The van der Waals surface area contributed by atoms with Crippen molar-refractivity contribution in [3.8, 4) is 0 Å². The van der Waals surface area contributed by atoms with Gasteiger partial charge in [0.1, 0.15) is 5.54 Å². The molecule has 1 aliphatic heterocycles. The molecule has 1 saturated carbocycles. The number of nitrogens with one attached hydrogen (secondary N) is 2. The monoisotopic (exact) mass is 593 g/mol. The van der Waals surface area contributed by atoms with E-state index in [-0.39, 0.29) is 29.1 Å². The summed E-state index contributed by atoms with van der Waals surface area (Å²) >= 11 is 0. The predicted octanol–water partition coefficient (Wildman–Crippen LogP) is 6.28. The Morgan fingerprint density at radius 3 is 2.50 bits per heavy atom. The SMILES string of the molecule is Cc1[nH]c2ccccc2c1[C@H]1[C@H](CC(=O)N(Cc2cccnc2)C(C)(C)C(=O)Nc2ccc(N3CCOCC3)cc2)C1(C)C. The molecule has 8 heteroatoms. The molecule has 2 atom stereocenters. The number of aromatic amines is 1. The van der Waals surface area contributed by atoms with E-state index in [9.17, 15) is 9.59 Å². The molecule has 4 aromatic rings. The standard InChI is InChI=1S/C36H43N5O3/c1-24-32(28-10-6-7-11-30(28)38-24)33-29(35(33,2)3)21-31(42)41(23-25-9-8-16-37-22-25)36(4,5)34(43)39-26-12-14-27(15-13-26)40-17-19-44-20-18-40/h6-16,22,29,33,38H,17-21,23H2,1-5H3,(H,39,43)/t29-,33+/m0/s1. The fourth-order valence-electron chi connectivity index (χ4n) is 6.95. The fraction of sp³-hybridized carbons (Fsp3) is 0.417. The van der Waals surface area contributed by atoms with Crippen molar-refractivity contribution in [3.63, 3.8) is 0 Å². The van der Waals surface area contributed by atoms with E-state index in [0.29, 0.717) is 31.9 Å². The third-order valence-corrected chi connectivity index (χ3v) is 9.80. The summed E-state index contributed by atoms with van der Waals surface area (Å²) < 4.78 is 5.47. The van der Waals surface area contributed by atoms with Crippen molar-refractivity contribution in [2.24, 2.45) is 11.3 Å². The summed E-state index contributed by atoms with van der Waals surface area (Å²) in [7, 11) is 0. The summed E-state index contributed by atoms with van der Waals surface area (Å²) in [5, 5.41) is 4.31. The molecule has 2 fully saturated rings. The lowest BCUT2D eigenvalue weighted by molar-refractivity contribution is -0.145. The molecule has 2 aromatic heterocycles. The number of anilines is 2. The number of ether oxygens (including phenoxy) is 1. The second kappa shape index (κ2) is 11.7. The Morgan fingerprint density at radius 2 is 1.80 bits per heavy atom. The van der Waals surface area contributed by atoms with Crippen LogP contribution in [-0.4, -0.2) is 58.5 Å². The average Bonchev–Trinajstić information content (AvgIpc) is 3.37. The summed E-state index contributed by atoms with van der Waals surface area (Å²) in [6.07, 6.45) is 3.84. The molecule has 2 amide bonds. The van der Waals surface area contributed by atoms with E-state index in [0.717, 1.165) is 35.6 Å². The van der Waals surface area contributed by atoms with Crippen molar-refractivity contribution < 1.29 is 14.3 Å². The number of H-pyrrole nitrogens is 1. The second-order valence-corrected chi connectivity index (χ2v) is 13.3. The Labute approximate surface area is 259 Å². The lowest BCUT2D eigenvalue weighted by atomic mass is 9.98. The molecule has 230 valence electrons. The van der Waals surface area contributed by atoms with Gasteiger partial charge in [0, 0.05) is 66.4 Å². The van der Waals surface area contributed by atoms with Gasteiger partial charge in [-0.2, -0.15) is 0 Å². The molecule has 1 aliphatic carbocycles. The van der Waals surface area contributed by atoms with Crippen molar-refractivity contribution in [1.29, 1.82) is 0 Å². The Bertz CT molecular complexity index is 1640. The van der Waals surface area contributed by atoms with Gasteiger partial charge in [-0.3, -0.25) is 14.6 Å². The second-order valence-electron chi connectivity index (χ2n) is 13.3. The molecule has 0 radical (unpaired) electrons. The van der Waals surface area contributed by atoms with Gasteiger partial charge in [-0.15, -0.1) is 0 Å². The molecule has 2 aliphatic rings. The summed E-state index contributed by atoms with van der Waals surface area (Å²) in [5.41, 5.74) is 5.13. The normalized spacial score (nSPS) is 19.5. The van der Waals surface area contributed by atoms with Crippen molar-refractivity contribution in [2.75, 3.05) is 36.5 Å². The van der Waals surface area contributed by atoms with Crippen LogP contribution >= 0.6 is 0 Å². The van der Waals surface area contributed by atoms with E-state index in [1.165, 1.54) is 10.9 Å². The number of rotatable bonds is 9. The Kier molecular flexibility index (Phi) is 7.97. The molecule has 6 rings (SSSR count). The highest BCUT2D eigenvalue weighted by molar-refractivity contribution is 6.00. The molecule has 8 nitrogen and oxygen atoms in total. The first-order valence-electron chi connectivity index (χ1n) is 15.6. The van der Waals surface area contributed by atoms with Gasteiger partial charge >= 0.3 is 0 Å². The van der Waals surface area contributed by atoms with Crippen LogP contribution in [0.5, 0.6) is 0 Å². The summed E-state index contributed by atoms with van der Waals surface area (Å²) in [4.78, 5) is 40.0.